The van der Waals surface area contributed by atoms with Gasteiger partial charge in [0.1, 0.15) is 0 Å². The molecule has 15 heavy (non-hydrogen) atoms. The zero-order valence-corrected chi connectivity index (χ0v) is 12.5. The summed E-state index contributed by atoms with van der Waals surface area (Å²) < 4.78 is 0. The Morgan fingerprint density at radius 3 is 0.933 bits per heavy atom. The van der Waals surface area contributed by atoms with Crippen LogP contribution in [0.3, 0.4) is 0 Å². The second-order valence-corrected chi connectivity index (χ2v) is 1.49. The van der Waals surface area contributed by atoms with E-state index in [2.05, 4.69) is 13.8 Å². The van der Waals surface area contributed by atoms with Crippen molar-refractivity contribution in [2.75, 3.05) is 0 Å². The molecule has 0 amide bonds. The maximum atomic E-state index is 9.37. The molecule has 0 unspecified atom stereocenters. The molecule has 0 rings (SSSR count). The predicted molar refractivity (Wildman–Crippen MR) is 57.9 cm³/mol. The van der Waals surface area contributed by atoms with Gasteiger partial charge in [0.25, 0.3) is 0 Å². The van der Waals surface area contributed by atoms with Gasteiger partial charge in [-0.3, -0.25) is 9.59 Å². The van der Waals surface area contributed by atoms with Crippen LogP contribution < -0.4 is 0 Å². The summed E-state index contributed by atoms with van der Waals surface area (Å²) in [6.45, 7) is 13.2. The van der Waals surface area contributed by atoms with Crippen LogP contribution in [0.5, 0.6) is 0 Å². The first-order valence-corrected chi connectivity index (χ1v) is 4.39. The van der Waals surface area contributed by atoms with Gasteiger partial charge in [0.15, 0.2) is 0 Å². The Labute approximate surface area is 112 Å². The van der Waals surface area contributed by atoms with E-state index in [4.69, 9.17) is 10.2 Å². The fraction of sp³-hybridized carbons (Fsp3) is 0.600. The topological polar surface area (TPSA) is 74.6 Å². The van der Waals surface area contributed by atoms with Crippen LogP contribution in [0.15, 0.2) is 0 Å². The second-order valence-electron chi connectivity index (χ2n) is 1.49. The standard InChI is InChI=1S/2C3H6O2.2C2H5.Zr/c2*1-2-3(4)5;2*1-2;/h2*2H2,1H3,(H,4,5);2*1H2,2H3;/q;;2*-1;+2. The van der Waals surface area contributed by atoms with Gasteiger partial charge in [0, 0.05) is 12.8 Å². The van der Waals surface area contributed by atoms with Crippen LogP contribution in [-0.2, 0) is 35.8 Å². The quantitative estimate of drug-likeness (QED) is 0.768. The molecule has 0 aliphatic carbocycles. The van der Waals surface area contributed by atoms with Gasteiger partial charge in [0.05, 0.1) is 0 Å². The molecule has 0 aromatic carbocycles. The largest absolute Gasteiger partial charge is 2.00 e. The second kappa shape index (κ2) is 37.1. The Balaban J connectivity index is -0.0000000318. The Morgan fingerprint density at radius 1 is 0.867 bits per heavy atom. The molecule has 0 atom stereocenters. The number of hydrogen-bond donors (Lipinski definition) is 2. The third kappa shape index (κ3) is 132. The zero-order valence-electron chi connectivity index (χ0n) is 10.0. The molecule has 0 aliphatic heterocycles. The molecular formula is C10H22O4Zr. The molecule has 0 saturated carbocycles. The molecule has 0 spiro atoms. The summed E-state index contributed by atoms with van der Waals surface area (Å²) in [7, 11) is 0. The number of hydrogen-bond acceptors (Lipinski definition) is 2. The smallest absolute Gasteiger partial charge is 0.481 e. The van der Waals surface area contributed by atoms with Crippen LogP contribution in [0.25, 0.3) is 0 Å². The number of rotatable bonds is 2. The molecule has 0 saturated heterocycles. The van der Waals surface area contributed by atoms with Crippen LogP contribution in [0.1, 0.15) is 40.5 Å². The first-order chi connectivity index (χ1) is 6.54. The van der Waals surface area contributed by atoms with Crippen LogP contribution >= 0.6 is 0 Å². The van der Waals surface area contributed by atoms with Gasteiger partial charge < -0.3 is 24.1 Å². The number of carboxylic acids is 2. The van der Waals surface area contributed by atoms with Crippen molar-refractivity contribution in [1.82, 2.24) is 0 Å². The van der Waals surface area contributed by atoms with E-state index in [0.717, 1.165) is 0 Å². The molecule has 0 radical (unpaired) electrons. The summed E-state index contributed by atoms with van der Waals surface area (Å²) in [5.41, 5.74) is 0. The average Bonchev–Trinajstić information content (AvgIpc) is 2.24. The van der Waals surface area contributed by atoms with E-state index in [1.807, 2.05) is 0 Å². The van der Waals surface area contributed by atoms with E-state index < -0.39 is 11.9 Å². The minimum absolute atomic E-state index is 0. The monoisotopic (exact) mass is 296 g/mol. The summed E-state index contributed by atoms with van der Waals surface area (Å²) in [5, 5.41) is 15.4. The summed E-state index contributed by atoms with van der Waals surface area (Å²) >= 11 is 0. The summed E-state index contributed by atoms with van der Waals surface area (Å²) in [6.07, 6.45) is 0.444. The van der Waals surface area contributed by atoms with Crippen molar-refractivity contribution in [3.8, 4) is 0 Å². The van der Waals surface area contributed by atoms with Crippen molar-refractivity contribution in [3.63, 3.8) is 0 Å². The fourth-order valence-electron chi connectivity index (χ4n) is 0. The third-order valence-electron chi connectivity index (χ3n) is 0.605. The Kier molecular flexibility index (Phi) is 72.7. The Morgan fingerprint density at radius 2 is 0.933 bits per heavy atom. The van der Waals surface area contributed by atoms with Crippen molar-refractivity contribution in [1.29, 1.82) is 0 Å². The molecule has 5 heteroatoms. The molecule has 0 aromatic rings. The molecule has 0 aliphatic rings. The molecule has 90 valence electrons. The van der Waals surface area contributed by atoms with E-state index in [1.165, 1.54) is 0 Å². The van der Waals surface area contributed by atoms with E-state index in [0.29, 0.717) is 0 Å². The molecular weight excluding hydrogens is 275 g/mol. The van der Waals surface area contributed by atoms with E-state index in [9.17, 15) is 9.59 Å². The maximum absolute atomic E-state index is 9.37. The third-order valence-corrected chi connectivity index (χ3v) is 0.605. The maximum Gasteiger partial charge on any atom is 2.00 e. The van der Waals surface area contributed by atoms with Crippen LogP contribution in [0.2, 0.25) is 0 Å². The number of aliphatic carboxylic acids is 2. The van der Waals surface area contributed by atoms with Crippen molar-refractivity contribution in [3.05, 3.63) is 13.8 Å². The van der Waals surface area contributed by atoms with E-state index in [-0.39, 0.29) is 39.0 Å². The molecule has 0 fully saturated rings. The minimum atomic E-state index is -0.745. The molecule has 0 heterocycles. The number of carbonyl (C=O) groups is 2. The summed E-state index contributed by atoms with van der Waals surface area (Å²) in [4.78, 5) is 18.7. The normalized spacial score (nSPS) is 5.73. The number of carboxylic acid groups (broad SMARTS) is 2. The van der Waals surface area contributed by atoms with Crippen molar-refractivity contribution >= 4 is 11.9 Å². The van der Waals surface area contributed by atoms with Gasteiger partial charge in [-0.2, -0.15) is 13.8 Å². The SMILES string of the molecule is CCC(=O)O.CCC(=O)O.[CH2-]C.[CH2-]C.[Zr+2]. The first kappa shape index (κ1) is 29.4. The Bertz CT molecular complexity index is 102. The van der Waals surface area contributed by atoms with Crippen molar-refractivity contribution in [2.45, 2.75) is 40.5 Å². The predicted octanol–water partition coefficient (Wildman–Crippen LogP) is 2.64. The Hall–Kier alpha value is -0.177. The minimum Gasteiger partial charge on any atom is -0.481 e. The molecule has 0 aromatic heterocycles. The van der Waals surface area contributed by atoms with Crippen LogP contribution in [0.4, 0.5) is 0 Å². The summed E-state index contributed by atoms with van der Waals surface area (Å²) in [5.74, 6) is -1.49. The fourth-order valence-corrected chi connectivity index (χ4v) is 0. The van der Waals surface area contributed by atoms with Gasteiger partial charge in [-0.15, -0.1) is 0 Å². The van der Waals surface area contributed by atoms with Gasteiger partial charge in [-0.25, -0.2) is 0 Å². The average molecular weight is 298 g/mol. The van der Waals surface area contributed by atoms with Gasteiger partial charge in [0.2, 0.25) is 0 Å². The van der Waals surface area contributed by atoms with Gasteiger partial charge in [-0.05, 0) is 0 Å². The molecule has 2 N–H and O–H groups in total. The molecule has 0 bridgehead atoms. The van der Waals surface area contributed by atoms with Crippen LogP contribution in [-0.4, -0.2) is 22.2 Å². The van der Waals surface area contributed by atoms with E-state index >= 15 is 0 Å². The first-order valence-electron chi connectivity index (χ1n) is 4.39. The van der Waals surface area contributed by atoms with Crippen molar-refractivity contribution < 1.29 is 46.0 Å². The van der Waals surface area contributed by atoms with Gasteiger partial charge in [-0.1, -0.05) is 13.8 Å². The zero-order chi connectivity index (χ0) is 12.6. The van der Waals surface area contributed by atoms with E-state index in [1.54, 1.807) is 27.7 Å². The molecule has 4 nitrogen and oxygen atoms in total. The van der Waals surface area contributed by atoms with Crippen molar-refractivity contribution in [2.24, 2.45) is 0 Å². The summed E-state index contributed by atoms with van der Waals surface area (Å²) in [6, 6.07) is 0. The van der Waals surface area contributed by atoms with Gasteiger partial charge >= 0.3 is 38.1 Å². The van der Waals surface area contributed by atoms with Crippen LogP contribution in [0, 0.1) is 13.8 Å².